The van der Waals surface area contributed by atoms with Gasteiger partial charge in [0, 0.05) is 12.7 Å². The lowest BCUT2D eigenvalue weighted by Gasteiger charge is -2.07. The first-order chi connectivity index (χ1) is 9.40. The Morgan fingerprint density at radius 3 is 2.80 bits per heavy atom. The van der Waals surface area contributed by atoms with Crippen molar-refractivity contribution in [3.8, 4) is 0 Å². The van der Waals surface area contributed by atoms with E-state index >= 15 is 0 Å². The summed E-state index contributed by atoms with van der Waals surface area (Å²) in [6, 6.07) is 3.78. The van der Waals surface area contributed by atoms with E-state index in [1.165, 1.54) is 16.8 Å². The van der Waals surface area contributed by atoms with Crippen LogP contribution in [0.3, 0.4) is 0 Å². The highest BCUT2D eigenvalue weighted by Gasteiger charge is 2.16. The summed E-state index contributed by atoms with van der Waals surface area (Å²) in [4.78, 5) is 11.8. The van der Waals surface area contributed by atoms with Crippen molar-refractivity contribution in [2.24, 2.45) is 7.05 Å². The summed E-state index contributed by atoms with van der Waals surface area (Å²) in [6.07, 6.45) is 0. The molecule has 2 rings (SSSR count). The molecule has 0 radical (unpaired) electrons. The molecule has 106 valence electrons. The van der Waals surface area contributed by atoms with E-state index < -0.39 is 11.8 Å². The molecule has 0 amide bonds. The Morgan fingerprint density at radius 2 is 2.25 bits per heavy atom. The fraction of sp³-hybridized carbons (Fsp3) is 0.231. The van der Waals surface area contributed by atoms with Gasteiger partial charge in [0.1, 0.15) is 12.4 Å². The van der Waals surface area contributed by atoms with Crippen molar-refractivity contribution in [3.63, 3.8) is 0 Å². The molecule has 0 fully saturated rings. The number of hydrogen-bond donors (Lipinski definition) is 1. The number of rotatable bonds is 3. The summed E-state index contributed by atoms with van der Waals surface area (Å²) in [5, 5.41) is 4.52. The number of aryl methyl sites for hydroxylation is 2. The molecule has 5 nitrogen and oxygen atoms in total. The first-order valence-corrected chi connectivity index (χ1v) is 6.18. The van der Waals surface area contributed by atoms with E-state index in [9.17, 15) is 9.18 Å². The molecule has 0 aliphatic heterocycles. The highest BCUT2D eigenvalue weighted by Crippen LogP contribution is 2.21. The maximum absolute atomic E-state index is 13.6. The van der Waals surface area contributed by atoms with Gasteiger partial charge in [0.2, 0.25) is 0 Å². The number of nitrogens with two attached hydrogens (primary N) is 1. The van der Waals surface area contributed by atoms with E-state index in [0.717, 1.165) is 6.07 Å². The quantitative estimate of drug-likeness (QED) is 0.698. The van der Waals surface area contributed by atoms with Crippen LogP contribution in [-0.4, -0.2) is 15.7 Å². The molecule has 0 aliphatic rings. The molecule has 0 atom stereocenters. The van der Waals surface area contributed by atoms with Crippen molar-refractivity contribution in [2.75, 3.05) is 5.73 Å². The van der Waals surface area contributed by atoms with Crippen molar-refractivity contribution < 1.29 is 13.9 Å². The summed E-state index contributed by atoms with van der Waals surface area (Å²) in [7, 11) is 1.69. The summed E-state index contributed by atoms with van der Waals surface area (Å²) in [6.45, 7) is 1.66. The van der Waals surface area contributed by atoms with Crippen molar-refractivity contribution in [1.29, 1.82) is 0 Å². The largest absolute Gasteiger partial charge is 0.455 e. The molecule has 1 aromatic heterocycles. The van der Waals surface area contributed by atoms with Gasteiger partial charge in [0.15, 0.2) is 0 Å². The minimum absolute atomic E-state index is 0.0845. The van der Waals surface area contributed by atoms with Crippen LogP contribution in [0.1, 0.15) is 21.7 Å². The first-order valence-electron chi connectivity index (χ1n) is 5.80. The van der Waals surface area contributed by atoms with Crippen LogP contribution in [0.2, 0.25) is 5.02 Å². The van der Waals surface area contributed by atoms with Crippen LogP contribution in [0.25, 0.3) is 0 Å². The Bertz CT molecular complexity index is 670. The van der Waals surface area contributed by atoms with Gasteiger partial charge in [-0.3, -0.25) is 4.68 Å². The number of benzene rings is 1. The maximum atomic E-state index is 13.6. The highest BCUT2D eigenvalue weighted by molar-refractivity contribution is 6.31. The van der Waals surface area contributed by atoms with E-state index in [2.05, 4.69) is 5.10 Å². The Balaban J connectivity index is 2.12. The zero-order chi connectivity index (χ0) is 14.9. The predicted molar refractivity (Wildman–Crippen MR) is 72.9 cm³/mol. The molecule has 0 saturated heterocycles. The number of ether oxygens (including phenoxy) is 1. The lowest BCUT2D eigenvalue weighted by atomic mass is 10.2. The highest BCUT2D eigenvalue weighted by atomic mass is 35.5. The third-order valence-corrected chi connectivity index (χ3v) is 3.31. The van der Waals surface area contributed by atoms with E-state index in [1.807, 2.05) is 0 Å². The second kappa shape index (κ2) is 5.50. The van der Waals surface area contributed by atoms with E-state index in [4.69, 9.17) is 22.1 Å². The Labute approximate surface area is 120 Å². The van der Waals surface area contributed by atoms with Crippen molar-refractivity contribution >= 4 is 23.3 Å². The molecule has 2 aromatic rings. The molecule has 20 heavy (non-hydrogen) atoms. The number of anilines is 1. The van der Waals surface area contributed by atoms with Gasteiger partial charge < -0.3 is 10.5 Å². The maximum Gasteiger partial charge on any atom is 0.341 e. The summed E-state index contributed by atoms with van der Waals surface area (Å²) in [5.74, 6) is -1.50. The second-order valence-electron chi connectivity index (χ2n) is 4.29. The number of esters is 1. The normalized spacial score (nSPS) is 10.6. The predicted octanol–water partition coefficient (Wildman–Crippen LogP) is 2.46. The number of nitrogens with zero attached hydrogens (tertiary/aromatic N) is 2. The smallest absolute Gasteiger partial charge is 0.341 e. The topological polar surface area (TPSA) is 70.1 Å². The molecule has 1 heterocycles. The molecule has 0 saturated carbocycles. The van der Waals surface area contributed by atoms with E-state index in [0.29, 0.717) is 16.4 Å². The number of carbonyl (C=O) groups excluding carboxylic acids is 1. The monoisotopic (exact) mass is 297 g/mol. The Kier molecular flexibility index (Phi) is 3.94. The van der Waals surface area contributed by atoms with Gasteiger partial charge >= 0.3 is 5.97 Å². The summed E-state index contributed by atoms with van der Waals surface area (Å²) >= 11 is 6.03. The number of aromatic nitrogens is 2. The van der Waals surface area contributed by atoms with Gasteiger partial charge in [-0.25, -0.2) is 9.18 Å². The zero-order valence-corrected chi connectivity index (χ0v) is 11.7. The minimum atomic E-state index is -0.780. The molecule has 0 spiro atoms. The zero-order valence-electron chi connectivity index (χ0n) is 11.0. The van der Waals surface area contributed by atoms with Gasteiger partial charge in [-0.2, -0.15) is 5.10 Å². The third-order valence-electron chi connectivity index (χ3n) is 2.81. The van der Waals surface area contributed by atoms with Crippen LogP contribution < -0.4 is 5.73 Å². The number of hydrogen-bond acceptors (Lipinski definition) is 4. The number of nitrogen functional groups attached to an aromatic ring is 1. The molecular formula is C13H13ClFN3O2. The van der Waals surface area contributed by atoms with Crippen molar-refractivity contribution in [3.05, 3.63) is 46.0 Å². The number of carbonyl (C=O) groups is 1. The van der Waals surface area contributed by atoms with Crippen molar-refractivity contribution in [2.45, 2.75) is 13.5 Å². The fourth-order valence-electron chi connectivity index (χ4n) is 1.75. The van der Waals surface area contributed by atoms with Crippen LogP contribution in [0.4, 0.5) is 10.1 Å². The molecule has 0 bridgehead atoms. The fourth-order valence-corrected chi connectivity index (χ4v) is 1.96. The third kappa shape index (κ3) is 2.75. The van der Waals surface area contributed by atoms with Gasteiger partial charge in [-0.15, -0.1) is 0 Å². The first kappa shape index (κ1) is 14.3. The Morgan fingerprint density at radius 1 is 1.55 bits per heavy atom. The van der Waals surface area contributed by atoms with Crippen LogP contribution in [0.15, 0.2) is 18.2 Å². The SMILES string of the molecule is Cc1nn(C)c(COC(=O)c2ccc(N)cc2F)c1Cl. The Hall–Kier alpha value is -2.08. The van der Waals surface area contributed by atoms with Gasteiger partial charge in [0.05, 0.1) is 22.0 Å². The van der Waals surface area contributed by atoms with Crippen molar-refractivity contribution in [1.82, 2.24) is 9.78 Å². The number of halogens is 2. The average molecular weight is 298 g/mol. The summed E-state index contributed by atoms with van der Waals surface area (Å²) < 4.78 is 20.1. The molecule has 2 N–H and O–H groups in total. The molecule has 7 heteroatoms. The average Bonchev–Trinajstić information content (AvgIpc) is 2.61. The standard InChI is InChI=1S/C13H13ClFN3O2/c1-7-12(14)11(18(2)17-7)6-20-13(19)9-4-3-8(16)5-10(9)15/h3-5H,6,16H2,1-2H3. The summed E-state index contributed by atoms with van der Waals surface area (Å²) in [5.41, 5.74) is 6.67. The molecule has 0 unspecified atom stereocenters. The van der Waals surface area contributed by atoms with Crippen LogP contribution in [0, 0.1) is 12.7 Å². The van der Waals surface area contributed by atoms with Crippen LogP contribution in [-0.2, 0) is 18.4 Å². The lowest BCUT2D eigenvalue weighted by Crippen LogP contribution is -2.10. The van der Waals surface area contributed by atoms with Gasteiger partial charge in [0.25, 0.3) is 0 Å². The van der Waals surface area contributed by atoms with Gasteiger partial charge in [-0.1, -0.05) is 11.6 Å². The second-order valence-corrected chi connectivity index (χ2v) is 4.66. The van der Waals surface area contributed by atoms with Gasteiger partial charge in [-0.05, 0) is 25.1 Å². The molecule has 0 aliphatic carbocycles. The minimum Gasteiger partial charge on any atom is -0.455 e. The van der Waals surface area contributed by atoms with E-state index in [1.54, 1.807) is 14.0 Å². The van der Waals surface area contributed by atoms with Crippen LogP contribution in [0.5, 0.6) is 0 Å². The molecule has 1 aromatic carbocycles. The van der Waals surface area contributed by atoms with E-state index in [-0.39, 0.29) is 17.9 Å². The van der Waals surface area contributed by atoms with Crippen LogP contribution >= 0.6 is 11.6 Å². The molecular weight excluding hydrogens is 285 g/mol. The lowest BCUT2D eigenvalue weighted by molar-refractivity contribution is 0.0458.